The van der Waals surface area contributed by atoms with Gasteiger partial charge in [-0.3, -0.25) is 4.79 Å². The van der Waals surface area contributed by atoms with E-state index in [-0.39, 0.29) is 16.9 Å². The molecule has 1 aromatic carbocycles. The summed E-state index contributed by atoms with van der Waals surface area (Å²) >= 11 is 3.48. The van der Waals surface area contributed by atoms with Gasteiger partial charge in [0.1, 0.15) is 0 Å². The highest BCUT2D eigenvalue weighted by molar-refractivity contribution is 9.10. The highest BCUT2D eigenvalue weighted by Crippen LogP contribution is 2.60. The van der Waals surface area contributed by atoms with Crippen LogP contribution in [0.2, 0.25) is 0 Å². The van der Waals surface area contributed by atoms with Crippen LogP contribution in [0.5, 0.6) is 0 Å². The van der Waals surface area contributed by atoms with Crippen molar-refractivity contribution in [2.45, 2.75) is 57.5 Å². The Bertz CT molecular complexity index is 558. The van der Waals surface area contributed by atoms with E-state index in [1.54, 1.807) is 0 Å². The van der Waals surface area contributed by atoms with E-state index in [1.807, 2.05) is 12.1 Å². The normalized spacial score (nSPS) is 36.4. The molecule has 0 saturated heterocycles. The number of fused-ring (bicyclic) bond motifs is 1. The Kier molecular flexibility index (Phi) is 3.33. The van der Waals surface area contributed by atoms with Gasteiger partial charge in [0.25, 0.3) is 0 Å². The van der Waals surface area contributed by atoms with Crippen LogP contribution in [0.25, 0.3) is 0 Å². The molecule has 0 amide bonds. The van der Waals surface area contributed by atoms with Crippen LogP contribution in [0, 0.1) is 5.41 Å². The number of hydrogen-bond acceptors (Lipinski definition) is 2. The molecule has 3 rings (SSSR count). The second-order valence-electron chi connectivity index (χ2n) is 6.52. The molecule has 3 heteroatoms. The van der Waals surface area contributed by atoms with Gasteiger partial charge < -0.3 is 5.11 Å². The number of rotatable bonds is 1. The van der Waals surface area contributed by atoms with Crippen LogP contribution in [-0.2, 0) is 5.41 Å². The number of carbonyl (C=O) groups is 1. The van der Waals surface area contributed by atoms with Crippen molar-refractivity contribution in [1.82, 2.24) is 0 Å². The standard InChI is InChI=1S/C17H21BrO2/c1-3-16(2)14-5-4-11(18)10-13(14)15(20)17(16)8-6-12(19)7-9-17/h4-5,10,12,19H,3,6-9H2,1-2H3. The van der Waals surface area contributed by atoms with Crippen molar-refractivity contribution in [2.24, 2.45) is 5.41 Å². The number of halogens is 1. The van der Waals surface area contributed by atoms with Crippen LogP contribution < -0.4 is 0 Å². The maximum Gasteiger partial charge on any atom is 0.170 e. The van der Waals surface area contributed by atoms with E-state index >= 15 is 0 Å². The molecule has 0 bridgehead atoms. The fourth-order valence-electron chi connectivity index (χ4n) is 4.35. The zero-order chi connectivity index (χ0) is 14.5. The second-order valence-corrected chi connectivity index (χ2v) is 7.43. The highest BCUT2D eigenvalue weighted by Gasteiger charge is 2.59. The molecule has 2 nitrogen and oxygen atoms in total. The van der Waals surface area contributed by atoms with Gasteiger partial charge in [-0.1, -0.05) is 35.8 Å². The van der Waals surface area contributed by atoms with E-state index in [4.69, 9.17) is 0 Å². The third-order valence-corrected chi connectivity index (χ3v) is 6.32. The molecule has 2 aliphatic carbocycles. The lowest BCUT2D eigenvalue weighted by Gasteiger charge is -2.46. The van der Waals surface area contributed by atoms with Crippen LogP contribution in [0.3, 0.4) is 0 Å². The number of carbonyl (C=O) groups excluding carboxylic acids is 1. The lowest BCUT2D eigenvalue weighted by atomic mass is 9.56. The molecule has 1 fully saturated rings. The summed E-state index contributed by atoms with van der Waals surface area (Å²) in [6, 6.07) is 6.13. The molecule has 0 aliphatic heterocycles. The molecule has 20 heavy (non-hydrogen) atoms. The quantitative estimate of drug-likeness (QED) is 0.832. The predicted octanol–water partition coefficient (Wildman–Crippen LogP) is 4.23. The van der Waals surface area contributed by atoms with Gasteiger partial charge in [0.2, 0.25) is 0 Å². The fraction of sp³-hybridized carbons (Fsp3) is 0.588. The molecule has 108 valence electrons. The lowest BCUT2D eigenvalue weighted by Crippen LogP contribution is -2.46. The van der Waals surface area contributed by atoms with E-state index in [0.717, 1.165) is 42.1 Å². The third-order valence-electron chi connectivity index (χ3n) is 5.83. The molecule has 1 spiro atoms. The van der Waals surface area contributed by atoms with Crippen molar-refractivity contribution in [2.75, 3.05) is 0 Å². The van der Waals surface area contributed by atoms with E-state index in [2.05, 4.69) is 35.8 Å². The van der Waals surface area contributed by atoms with Gasteiger partial charge in [-0.15, -0.1) is 0 Å². The van der Waals surface area contributed by atoms with E-state index < -0.39 is 0 Å². The minimum absolute atomic E-state index is 0.0970. The molecule has 1 N–H and O–H groups in total. The van der Waals surface area contributed by atoms with Crippen molar-refractivity contribution in [1.29, 1.82) is 0 Å². The van der Waals surface area contributed by atoms with Crippen molar-refractivity contribution >= 4 is 21.7 Å². The number of Topliss-reactive ketones (excluding diaryl/α,β-unsaturated/α-hetero) is 1. The summed E-state index contributed by atoms with van der Waals surface area (Å²) in [4.78, 5) is 13.1. The molecular formula is C17H21BrO2. The smallest absolute Gasteiger partial charge is 0.170 e. The van der Waals surface area contributed by atoms with Crippen LogP contribution >= 0.6 is 15.9 Å². The van der Waals surface area contributed by atoms with Crippen molar-refractivity contribution in [3.8, 4) is 0 Å². The summed E-state index contributed by atoms with van der Waals surface area (Å²) in [7, 11) is 0. The fourth-order valence-corrected chi connectivity index (χ4v) is 4.72. The monoisotopic (exact) mass is 336 g/mol. The van der Waals surface area contributed by atoms with Gasteiger partial charge in [0.05, 0.1) is 6.10 Å². The van der Waals surface area contributed by atoms with Crippen LogP contribution in [0.4, 0.5) is 0 Å². The van der Waals surface area contributed by atoms with Gasteiger partial charge >= 0.3 is 0 Å². The molecule has 0 heterocycles. The summed E-state index contributed by atoms with van der Waals surface area (Å²) in [5, 5.41) is 9.82. The average molecular weight is 337 g/mol. The first-order valence-corrected chi connectivity index (χ1v) is 8.27. The molecule has 2 aliphatic rings. The predicted molar refractivity (Wildman–Crippen MR) is 83.0 cm³/mol. The van der Waals surface area contributed by atoms with E-state index in [1.165, 1.54) is 5.56 Å². The number of aliphatic hydroxyl groups excluding tert-OH is 1. The number of ketones is 1. The summed E-state index contributed by atoms with van der Waals surface area (Å²) < 4.78 is 0.968. The van der Waals surface area contributed by atoms with Crippen molar-refractivity contribution < 1.29 is 9.90 Å². The zero-order valence-corrected chi connectivity index (χ0v) is 13.7. The van der Waals surface area contributed by atoms with E-state index in [0.29, 0.717) is 5.78 Å². The summed E-state index contributed by atoms with van der Waals surface area (Å²) in [5.74, 6) is 0.296. The van der Waals surface area contributed by atoms with Crippen LogP contribution in [0.15, 0.2) is 22.7 Å². The van der Waals surface area contributed by atoms with Gasteiger partial charge in [-0.05, 0) is 49.8 Å². The minimum Gasteiger partial charge on any atom is -0.393 e. The molecular weight excluding hydrogens is 316 g/mol. The molecule has 1 saturated carbocycles. The lowest BCUT2D eigenvalue weighted by molar-refractivity contribution is 0.0222. The Morgan fingerprint density at radius 3 is 2.60 bits per heavy atom. The van der Waals surface area contributed by atoms with Crippen LogP contribution in [0.1, 0.15) is 61.9 Å². The Morgan fingerprint density at radius 1 is 1.35 bits per heavy atom. The first-order chi connectivity index (χ1) is 9.44. The molecule has 1 atom stereocenters. The van der Waals surface area contributed by atoms with Crippen molar-refractivity contribution in [3.05, 3.63) is 33.8 Å². The summed E-state index contributed by atoms with van der Waals surface area (Å²) in [6.07, 6.45) is 3.84. The maximum atomic E-state index is 13.1. The Hall–Kier alpha value is -0.670. The number of benzene rings is 1. The molecule has 0 radical (unpaired) electrons. The van der Waals surface area contributed by atoms with Gasteiger partial charge in [0.15, 0.2) is 5.78 Å². The van der Waals surface area contributed by atoms with E-state index in [9.17, 15) is 9.90 Å². The van der Waals surface area contributed by atoms with Gasteiger partial charge in [-0.25, -0.2) is 0 Å². The average Bonchev–Trinajstić information content (AvgIpc) is 2.62. The Labute approximate surface area is 128 Å². The molecule has 1 unspecified atom stereocenters. The van der Waals surface area contributed by atoms with Gasteiger partial charge in [-0.2, -0.15) is 0 Å². The SMILES string of the molecule is CCC1(C)c2ccc(Br)cc2C(=O)C12CCC(O)CC2. The minimum atomic E-state index is -0.301. The first kappa shape index (κ1) is 14.3. The Balaban J connectivity index is 2.16. The first-order valence-electron chi connectivity index (χ1n) is 7.47. The number of aliphatic hydroxyl groups is 1. The highest BCUT2D eigenvalue weighted by atomic mass is 79.9. The zero-order valence-electron chi connectivity index (χ0n) is 12.1. The van der Waals surface area contributed by atoms with Crippen LogP contribution in [-0.4, -0.2) is 17.0 Å². The Morgan fingerprint density at radius 2 is 2.00 bits per heavy atom. The largest absolute Gasteiger partial charge is 0.393 e. The molecule has 1 aromatic rings. The number of hydrogen-bond donors (Lipinski definition) is 1. The van der Waals surface area contributed by atoms with Crippen molar-refractivity contribution in [3.63, 3.8) is 0 Å². The third kappa shape index (κ3) is 1.69. The van der Waals surface area contributed by atoms with Gasteiger partial charge in [0, 0.05) is 20.9 Å². The second kappa shape index (κ2) is 4.67. The summed E-state index contributed by atoms with van der Waals surface area (Å²) in [5.41, 5.74) is 1.69. The topological polar surface area (TPSA) is 37.3 Å². The molecule has 0 aromatic heterocycles. The maximum absolute atomic E-state index is 13.1. The summed E-state index contributed by atoms with van der Waals surface area (Å²) in [6.45, 7) is 4.42.